The summed E-state index contributed by atoms with van der Waals surface area (Å²) in [7, 11) is 0. The van der Waals surface area contributed by atoms with Crippen LogP contribution < -0.4 is 0 Å². The molecule has 1 aliphatic rings. The average molecular weight is 96.9 g/mol. The fraction of sp³-hybridized carbons (Fsp3) is 1.00. The summed E-state index contributed by atoms with van der Waals surface area (Å²) in [5.41, 5.74) is 0. The largest absolute Gasteiger partial charge is 0.393 e. The maximum atomic E-state index is 8.73. The molecule has 0 atom stereocenters. The fourth-order valence-corrected chi connectivity index (χ4v) is 0.904. The van der Waals surface area contributed by atoms with Gasteiger partial charge in [0, 0.05) is 8.41 Å². The quantitative estimate of drug-likeness (QED) is 0.437. The van der Waals surface area contributed by atoms with Crippen LogP contribution in [0.2, 0.25) is 0 Å². The molecule has 0 bridgehead atoms. The summed E-state index contributed by atoms with van der Waals surface area (Å²) >= 11 is 0. The lowest BCUT2D eigenvalue weighted by atomic mass is 10.3. The molecule has 2 heteroatoms. The first-order valence-corrected chi connectivity index (χ1v) is 2.57. The van der Waals surface area contributed by atoms with Gasteiger partial charge in [-0.15, -0.1) is 0 Å². The highest BCUT2D eigenvalue weighted by molar-refractivity contribution is 5.75. The van der Waals surface area contributed by atoms with Crippen molar-refractivity contribution in [2.24, 2.45) is 0 Å². The smallest absolute Gasteiger partial charge is 0.0540 e. The van der Waals surface area contributed by atoms with Crippen molar-refractivity contribution in [3.63, 3.8) is 0 Å². The van der Waals surface area contributed by atoms with Crippen molar-refractivity contribution < 1.29 is 5.11 Å². The molecule has 1 nitrogen and oxygen atoms in total. The minimum atomic E-state index is 0. The highest BCUT2D eigenvalue weighted by atomic mass is 16.3. The summed E-state index contributed by atoms with van der Waals surface area (Å²) in [6.45, 7) is 0. The molecule has 1 fully saturated rings. The minimum absolute atomic E-state index is 0. The molecule has 1 aliphatic carbocycles. The normalized spacial score (nSPS) is 21.9. The molecular formula is C5H10BO. The molecular weight excluding hydrogens is 86.9 g/mol. The summed E-state index contributed by atoms with van der Waals surface area (Å²) in [4.78, 5) is 0. The second-order valence-electron chi connectivity index (χ2n) is 1.94. The molecule has 1 rings (SSSR count). The molecule has 1 saturated carbocycles. The van der Waals surface area contributed by atoms with Crippen molar-refractivity contribution in [1.82, 2.24) is 0 Å². The van der Waals surface area contributed by atoms with Crippen LogP contribution in [0, 0.1) is 0 Å². The van der Waals surface area contributed by atoms with Crippen molar-refractivity contribution >= 4 is 8.41 Å². The molecule has 0 amide bonds. The third-order valence-electron chi connectivity index (χ3n) is 1.32. The van der Waals surface area contributed by atoms with Crippen molar-refractivity contribution in [3.05, 3.63) is 0 Å². The van der Waals surface area contributed by atoms with Gasteiger partial charge in [0.15, 0.2) is 0 Å². The molecule has 39 valence electrons. The van der Waals surface area contributed by atoms with Gasteiger partial charge in [0.25, 0.3) is 0 Å². The molecule has 0 unspecified atom stereocenters. The van der Waals surface area contributed by atoms with E-state index in [1.807, 2.05) is 0 Å². The van der Waals surface area contributed by atoms with Gasteiger partial charge in [-0.3, -0.25) is 0 Å². The Morgan fingerprint density at radius 3 is 1.71 bits per heavy atom. The molecule has 0 spiro atoms. The van der Waals surface area contributed by atoms with Crippen LogP contribution in [0.3, 0.4) is 0 Å². The molecule has 7 heavy (non-hydrogen) atoms. The first kappa shape index (κ1) is 7.02. The summed E-state index contributed by atoms with van der Waals surface area (Å²) in [5.74, 6) is 0. The van der Waals surface area contributed by atoms with Crippen molar-refractivity contribution in [3.8, 4) is 0 Å². The van der Waals surface area contributed by atoms with E-state index in [0.29, 0.717) is 0 Å². The van der Waals surface area contributed by atoms with Crippen molar-refractivity contribution in [2.75, 3.05) is 0 Å². The first-order valence-electron chi connectivity index (χ1n) is 2.57. The van der Waals surface area contributed by atoms with Crippen LogP contribution in [0.1, 0.15) is 25.7 Å². The zero-order valence-electron chi connectivity index (χ0n) is 4.43. The zero-order valence-corrected chi connectivity index (χ0v) is 4.43. The Hall–Kier alpha value is 0.0249. The fourth-order valence-electron chi connectivity index (χ4n) is 0.904. The van der Waals surface area contributed by atoms with Crippen LogP contribution in [-0.2, 0) is 0 Å². The minimum Gasteiger partial charge on any atom is -0.393 e. The highest BCUT2D eigenvalue weighted by Crippen LogP contribution is 2.16. The number of hydrogen-bond acceptors (Lipinski definition) is 1. The maximum absolute atomic E-state index is 8.73. The van der Waals surface area contributed by atoms with Gasteiger partial charge in [0.2, 0.25) is 0 Å². The monoisotopic (exact) mass is 97.1 g/mol. The van der Waals surface area contributed by atoms with Gasteiger partial charge in [0.05, 0.1) is 6.10 Å². The maximum Gasteiger partial charge on any atom is 0.0540 e. The van der Waals surface area contributed by atoms with Gasteiger partial charge in [-0.25, -0.2) is 0 Å². The van der Waals surface area contributed by atoms with E-state index in [2.05, 4.69) is 0 Å². The predicted molar refractivity (Wildman–Crippen MR) is 30.2 cm³/mol. The Bertz CT molecular complexity index is 41.3. The Balaban J connectivity index is 0.000000360. The van der Waals surface area contributed by atoms with E-state index in [9.17, 15) is 0 Å². The van der Waals surface area contributed by atoms with Crippen LogP contribution in [0.5, 0.6) is 0 Å². The van der Waals surface area contributed by atoms with Crippen LogP contribution in [0.25, 0.3) is 0 Å². The molecule has 0 aromatic heterocycles. The predicted octanol–water partition coefficient (Wildman–Crippen LogP) is 0.540. The van der Waals surface area contributed by atoms with Crippen molar-refractivity contribution in [1.29, 1.82) is 0 Å². The van der Waals surface area contributed by atoms with E-state index in [0.717, 1.165) is 12.8 Å². The third kappa shape index (κ3) is 1.98. The van der Waals surface area contributed by atoms with E-state index < -0.39 is 0 Å². The highest BCUT2D eigenvalue weighted by Gasteiger charge is 2.09. The Labute approximate surface area is 46.3 Å². The standard InChI is InChI=1S/C5H10O.B/c6-5-3-1-2-4-5;/h5-6H,1-4H2;. The Morgan fingerprint density at radius 2 is 1.57 bits per heavy atom. The summed E-state index contributed by atoms with van der Waals surface area (Å²) < 4.78 is 0. The summed E-state index contributed by atoms with van der Waals surface area (Å²) in [5, 5.41) is 8.73. The van der Waals surface area contributed by atoms with Crippen LogP contribution in [0.15, 0.2) is 0 Å². The topological polar surface area (TPSA) is 20.2 Å². The van der Waals surface area contributed by atoms with Crippen LogP contribution >= 0.6 is 0 Å². The van der Waals surface area contributed by atoms with Crippen molar-refractivity contribution in [2.45, 2.75) is 31.8 Å². The first-order chi connectivity index (χ1) is 2.89. The van der Waals surface area contributed by atoms with Gasteiger partial charge in [0.1, 0.15) is 0 Å². The molecule has 0 saturated heterocycles. The SMILES string of the molecule is OC1CCCC1.[B]. The van der Waals surface area contributed by atoms with Gasteiger partial charge in [-0.1, -0.05) is 12.8 Å². The second kappa shape index (κ2) is 3.08. The molecule has 3 radical (unpaired) electrons. The summed E-state index contributed by atoms with van der Waals surface area (Å²) in [6, 6.07) is 0. The number of aliphatic hydroxyl groups is 1. The lowest BCUT2D eigenvalue weighted by Crippen LogP contribution is -1.94. The van der Waals surface area contributed by atoms with E-state index in [-0.39, 0.29) is 14.5 Å². The molecule has 0 heterocycles. The average Bonchev–Trinajstić information content (AvgIpc) is 1.86. The zero-order chi connectivity index (χ0) is 4.41. The molecule has 0 aromatic carbocycles. The second-order valence-corrected chi connectivity index (χ2v) is 1.94. The van der Waals surface area contributed by atoms with Gasteiger partial charge in [-0.2, -0.15) is 0 Å². The van der Waals surface area contributed by atoms with Crippen LogP contribution in [0.4, 0.5) is 0 Å². The van der Waals surface area contributed by atoms with E-state index >= 15 is 0 Å². The van der Waals surface area contributed by atoms with Gasteiger partial charge < -0.3 is 5.11 Å². The van der Waals surface area contributed by atoms with E-state index in [1.165, 1.54) is 12.8 Å². The number of hydrogen-bond donors (Lipinski definition) is 1. The molecule has 0 aliphatic heterocycles. The Kier molecular flexibility index (Phi) is 3.09. The lowest BCUT2D eigenvalue weighted by Gasteiger charge is -1.91. The van der Waals surface area contributed by atoms with E-state index in [1.54, 1.807) is 0 Å². The van der Waals surface area contributed by atoms with Gasteiger partial charge >= 0.3 is 0 Å². The lowest BCUT2D eigenvalue weighted by molar-refractivity contribution is 0.183. The van der Waals surface area contributed by atoms with E-state index in [4.69, 9.17) is 5.11 Å². The van der Waals surface area contributed by atoms with Gasteiger partial charge in [-0.05, 0) is 12.8 Å². The molecule has 0 aromatic rings. The number of aliphatic hydroxyl groups excluding tert-OH is 1. The Morgan fingerprint density at radius 1 is 1.14 bits per heavy atom. The molecule has 1 N–H and O–H groups in total. The summed E-state index contributed by atoms with van der Waals surface area (Å²) in [6.07, 6.45) is 4.60. The van der Waals surface area contributed by atoms with Crippen LogP contribution in [-0.4, -0.2) is 19.6 Å². The third-order valence-corrected chi connectivity index (χ3v) is 1.32. The number of rotatable bonds is 0.